The zero-order valence-corrected chi connectivity index (χ0v) is 18.7. The largest absolute Gasteiger partial charge is 0.469 e. The van der Waals surface area contributed by atoms with Crippen molar-refractivity contribution >= 4 is 5.97 Å². The Morgan fingerprint density at radius 3 is 2.75 bits per heavy atom. The van der Waals surface area contributed by atoms with E-state index in [-0.39, 0.29) is 5.97 Å². The average molecular weight is 385 g/mol. The molecule has 2 fully saturated rings. The molecule has 4 rings (SSSR count). The summed E-state index contributed by atoms with van der Waals surface area (Å²) in [5.74, 6) is 3.80. The van der Waals surface area contributed by atoms with Gasteiger partial charge in [0.05, 0.1) is 7.11 Å². The van der Waals surface area contributed by atoms with Crippen molar-refractivity contribution in [2.24, 2.45) is 40.4 Å². The van der Waals surface area contributed by atoms with E-state index in [1.54, 1.807) is 5.57 Å². The topological polar surface area (TPSA) is 26.3 Å². The molecule has 0 radical (unpaired) electrons. The van der Waals surface area contributed by atoms with Gasteiger partial charge in [0.25, 0.3) is 0 Å². The average Bonchev–Trinajstić information content (AvgIpc) is 3.03. The molecule has 3 unspecified atom stereocenters. The van der Waals surface area contributed by atoms with Crippen molar-refractivity contribution in [3.05, 3.63) is 23.3 Å². The van der Waals surface area contributed by atoms with Gasteiger partial charge in [0.15, 0.2) is 0 Å². The zero-order valence-electron chi connectivity index (χ0n) is 18.7. The van der Waals surface area contributed by atoms with Gasteiger partial charge < -0.3 is 4.74 Å². The van der Waals surface area contributed by atoms with Gasteiger partial charge in [-0.2, -0.15) is 0 Å². The van der Waals surface area contributed by atoms with Crippen LogP contribution in [-0.2, 0) is 9.53 Å². The lowest BCUT2D eigenvalue weighted by atomic mass is 9.48. The highest BCUT2D eigenvalue weighted by Crippen LogP contribution is 2.65. The van der Waals surface area contributed by atoms with E-state index in [2.05, 4.69) is 39.8 Å². The maximum atomic E-state index is 11.6. The summed E-state index contributed by atoms with van der Waals surface area (Å²) in [6.07, 6.45) is 16.2. The van der Waals surface area contributed by atoms with E-state index < -0.39 is 0 Å². The summed E-state index contributed by atoms with van der Waals surface area (Å²) in [4.78, 5) is 11.6. The minimum absolute atomic E-state index is 0.0734. The monoisotopic (exact) mass is 384 g/mol. The first-order valence-electron chi connectivity index (χ1n) is 11.8. The van der Waals surface area contributed by atoms with Crippen LogP contribution in [-0.4, -0.2) is 13.1 Å². The Bertz CT molecular complexity index is 689. The number of methoxy groups -OCH3 is 1. The summed E-state index contributed by atoms with van der Waals surface area (Å²) >= 11 is 0. The second kappa shape index (κ2) is 7.33. The zero-order chi connectivity index (χ0) is 20.1. The fourth-order valence-corrected chi connectivity index (χ4v) is 7.71. The Morgan fingerprint density at radius 2 is 2.00 bits per heavy atom. The van der Waals surface area contributed by atoms with Crippen LogP contribution in [0.3, 0.4) is 0 Å². The number of carbonyl (C=O) groups is 1. The number of fused-ring (bicyclic) bond motifs is 5. The molecule has 2 saturated carbocycles. The molecule has 0 saturated heterocycles. The van der Waals surface area contributed by atoms with Gasteiger partial charge in [-0.25, -0.2) is 0 Å². The van der Waals surface area contributed by atoms with E-state index in [1.165, 1.54) is 52.1 Å². The van der Waals surface area contributed by atoms with Crippen molar-refractivity contribution < 1.29 is 9.53 Å². The summed E-state index contributed by atoms with van der Waals surface area (Å²) in [6, 6.07) is 0. The molecule has 2 heteroatoms. The Labute approximate surface area is 172 Å². The minimum Gasteiger partial charge on any atom is -0.469 e. The van der Waals surface area contributed by atoms with Gasteiger partial charge >= 0.3 is 5.97 Å². The van der Waals surface area contributed by atoms with Crippen molar-refractivity contribution in [1.82, 2.24) is 0 Å². The quantitative estimate of drug-likeness (QED) is 0.398. The predicted molar refractivity (Wildman–Crippen MR) is 115 cm³/mol. The molecule has 0 aromatic rings. The number of hydrogen-bond donors (Lipinski definition) is 0. The summed E-state index contributed by atoms with van der Waals surface area (Å²) < 4.78 is 4.87. The molecule has 4 aliphatic carbocycles. The van der Waals surface area contributed by atoms with Gasteiger partial charge in [-0.15, -0.1) is 0 Å². The number of allylic oxidation sites excluding steroid dienone is 4. The third-order valence-electron chi connectivity index (χ3n) is 9.47. The van der Waals surface area contributed by atoms with Crippen molar-refractivity contribution in [3.8, 4) is 0 Å². The first-order chi connectivity index (χ1) is 13.3. The first kappa shape index (κ1) is 20.2. The lowest BCUT2D eigenvalue weighted by molar-refractivity contribution is -0.140. The van der Waals surface area contributed by atoms with Gasteiger partial charge in [-0.1, -0.05) is 51.0 Å². The molecule has 0 aromatic heterocycles. The van der Waals surface area contributed by atoms with Crippen LogP contribution in [0.4, 0.5) is 0 Å². The van der Waals surface area contributed by atoms with Crippen molar-refractivity contribution in [1.29, 1.82) is 0 Å². The number of esters is 1. The Hall–Kier alpha value is -1.05. The second-order valence-electron chi connectivity index (χ2n) is 11.0. The van der Waals surface area contributed by atoms with Crippen LogP contribution in [0.2, 0.25) is 0 Å². The van der Waals surface area contributed by atoms with E-state index in [4.69, 9.17) is 4.74 Å². The third-order valence-corrected chi connectivity index (χ3v) is 9.47. The molecule has 0 bridgehead atoms. The molecule has 2 nitrogen and oxygen atoms in total. The standard InChI is InChI=1S/C26H40O2/c1-17-12-14-25(3)19(16-17)7-8-20-22-10-9-21(18(2)6-11-24(27)28-5)26(22,4)15-13-23(20)25/h9,13,17-20,22H,6-8,10-12,14-16H2,1-5H3/t17-,18?,19-,20?,22?,25+,26-/m1/s1. The molecule has 0 heterocycles. The normalized spacial score (nSPS) is 43.2. The van der Waals surface area contributed by atoms with Gasteiger partial charge in [0.2, 0.25) is 0 Å². The van der Waals surface area contributed by atoms with E-state index in [1.807, 2.05) is 5.57 Å². The fourth-order valence-electron chi connectivity index (χ4n) is 7.71. The van der Waals surface area contributed by atoms with Crippen LogP contribution in [0.15, 0.2) is 23.3 Å². The number of ether oxygens (including phenoxy) is 1. The summed E-state index contributed by atoms with van der Waals surface area (Å²) in [5.41, 5.74) is 4.24. The van der Waals surface area contributed by atoms with E-state index in [0.29, 0.717) is 23.2 Å². The van der Waals surface area contributed by atoms with Crippen molar-refractivity contribution in [3.63, 3.8) is 0 Å². The SMILES string of the molecule is COC(=O)CCC(C)C1=CCC2C3CC[C@@H]4C[C@H](C)CC[C@]4(C)C3=CC[C@]12C. The molecule has 7 atom stereocenters. The van der Waals surface area contributed by atoms with Gasteiger partial charge in [-0.05, 0) is 91.8 Å². The third kappa shape index (κ3) is 3.10. The highest BCUT2D eigenvalue weighted by Gasteiger charge is 2.55. The van der Waals surface area contributed by atoms with E-state index in [9.17, 15) is 4.79 Å². The molecule has 28 heavy (non-hydrogen) atoms. The van der Waals surface area contributed by atoms with Crippen LogP contribution in [0.25, 0.3) is 0 Å². The van der Waals surface area contributed by atoms with Crippen LogP contribution >= 0.6 is 0 Å². The van der Waals surface area contributed by atoms with Crippen LogP contribution < -0.4 is 0 Å². The fraction of sp³-hybridized carbons (Fsp3) is 0.808. The number of hydrogen-bond acceptors (Lipinski definition) is 2. The Balaban J connectivity index is 1.54. The summed E-state index contributed by atoms with van der Waals surface area (Å²) in [6.45, 7) is 9.91. The Morgan fingerprint density at radius 1 is 1.21 bits per heavy atom. The predicted octanol–water partition coefficient (Wildman–Crippen LogP) is 6.71. The van der Waals surface area contributed by atoms with Gasteiger partial charge in [0.1, 0.15) is 0 Å². The number of carbonyl (C=O) groups excluding carboxylic acids is 1. The van der Waals surface area contributed by atoms with Gasteiger partial charge in [-0.3, -0.25) is 4.79 Å². The van der Waals surface area contributed by atoms with Crippen LogP contribution in [0.5, 0.6) is 0 Å². The maximum Gasteiger partial charge on any atom is 0.305 e. The molecule has 0 spiro atoms. The second-order valence-corrected chi connectivity index (χ2v) is 11.0. The number of rotatable bonds is 4. The highest BCUT2D eigenvalue weighted by atomic mass is 16.5. The molecule has 0 N–H and O–H groups in total. The van der Waals surface area contributed by atoms with Crippen molar-refractivity contribution in [2.75, 3.05) is 7.11 Å². The molecule has 0 aromatic carbocycles. The molecular formula is C26H40O2. The summed E-state index contributed by atoms with van der Waals surface area (Å²) in [5, 5.41) is 0. The lowest BCUT2D eigenvalue weighted by Gasteiger charge is -2.57. The molecule has 0 aliphatic heterocycles. The van der Waals surface area contributed by atoms with E-state index >= 15 is 0 Å². The van der Waals surface area contributed by atoms with Crippen LogP contribution in [0.1, 0.15) is 85.5 Å². The Kier molecular flexibility index (Phi) is 5.30. The first-order valence-corrected chi connectivity index (χ1v) is 11.8. The molecular weight excluding hydrogens is 344 g/mol. The molecule has 4 aliphatic rings. The smallest absolute Gasteiger partial charge is 0.305 e. The van der Waals surface area contributed by atoms with Crippen molar-refractivity contribution in [2.45, 2.75) is 85.5 Å². The maximum absolute atomic E-state index is 11.6. The van der Waals surface area contributed by atoms with Gasteiger partial charge in [0, 0.05) is 6.42 Å². The van der Waals surface area contributed by atoms with E-state index in [0.717, 1.165) is 30.1 Å². The minimum atomic E-state index is -0.0734. The molecule has 0 amide bonds. The summed E-state index contributed by atoms with van der Waals surface area (Å²) in [7, 11) is 1.50. The van der Waals surface area contributed by atoms with Crippen LogP contribution in [0, 0.1) is 40.4 Å². The highest BCUT2D eigenvalue weighted by molar-refractivity contribution is 5.69. The molecule has 156 valence electrons. The lowest BCUT2D eigenvalue weighted by Crippen LogP contribution is -2.47.